The van der Waals surface area contributed by atoms with Gasteiger partial charge >= 0.3 is 0 Å². The first-order chi connectivity index (χ1) is 8.90. The second kappa shape index (κ2) is 7.59. The lowest BCUT2D eigenvalue weighted by Crippen LogP contribution is -2.22. The zero-order valence-electron chi connectivity index (χ0n) is 11.7. The smallest absolute Gasteiger partial charge is 0.0359 e. The van der Waals surface area contributed by atoms with Gasteiger partial charge in [0, 0.05) is 25.0 Å². The molecule has 0 aromatic carbocycles. The molecule has 0 radical (unpaired) electrons. The Morgan fingerprint density at radius 2 is 2.06 bits per heavy atom. The molecule has 1 aromatic heterocycles. The van der Waals surface area contributed by atoms with Crippen molar-refractivity contribution in [2.24, 2.45) is 0 Å². The van der Waals surface area contributed by atoms with Crippen LogP contribution in [0.15, 0.2) is 18.3 Å². The number of nitrogens with zero attached hydrogens (tertiary/aromatic N) is 2. The molecule has 0 bridgehead atoms. The summed E-state index contributed by atoms with van der Waals surface area (Å²) in [5.41, 5.74) is 1.42. The van der Waals surface area contributed by atoms with Crippen LogP contribution in [0.25, 0.3) is 0 Å². The molecule has 1 saturated heterocycles. The Labute approximate surface area is 111 Å². The van der Waals surface area contributed by atoms with E-state index in [9.17, 15) is 0 Å². The maximum atomic E-state index is 3.48. The number of likely N-dealkylation sites (tertiary alicyclic amines) is 1. The first-order valence-electron chi connectivity index (χ1n) is 7.47. The van der Waals surface area contributed by atoms with E-state index in [4.69, 9.17) is 0 Å². The fourth-order valence-corrected chi connectivity index (χ4v) is 2.69. The van der Waals surface area contributed by atoms with E-state index in [1.165, 1.54) is 51.0 Å². The maximum absolute atomic E-state index is 3.48. The Morgan fingerprint density at radius 3 is 2.83 bits per heavy atom. The zero-order chi connectivity index (χ0) is 12.6. The van der Waals surface area contributed by atoms with Gasteiger partial charge in [-0.2, -0.15) is 0 Å². The molecule has 0 saturated carbocycles. The van der Waals surface area contributed by atoms with Gasteiger partial charge in [-0.25, -0.2) is 0 Å². The summed E-state index contributed by atoms with van der Waals surface area (Å²) in [5.74, 6) is 0. The summed E-state index contributed by atoms with van der Waals surface area (Å²) in [6.07, 6.45) is 7.49. The van der Waals surface area contributed by atoms with Gasteiger partial charge in [0.15, 0.2) is 0 Å². The van der Waals surface area contributed by atoms with E-state index < -0.39 is 0 Å². The minimum absolute atomic E-state index is 1.00. The molecular weight excluding hydrogens is 222 g/mol. The van der Waals surface area contributed by atoms with Gasteiger partial charge in [0.1, 0.15) is 0 Å². The summed E-state index contributed by atoms with van der Waals surface area (Å²) in [7, 11) is 0. The van der Waals surface area contributed by atoms with Gasteiger partial charge in [-0.05, 0) is 64.0 Å². The molecule has 2 rings (SSSR count). The normalized spacial score (nSPS) is 16.5. The molecule has 3 heteroatoms. The minimum atomic E-state index is 1.00. The molecule has 18 heavy (non-hydrogen) atoms. The molecular formula is C15H27N3. The van der Waals surface area contributed by atoms with Gasteiger partial charge in [0.2, 0.25) is 0 Å². The third kappa shape index (κ3) is 4.14. The van der Waals surface area contributed by atoms with Gasteiger partial charge in [-0.1, -0.05) is 6.92 Å². The van der Waals surface area contributed by atoms with Crippen LogP contribution in [0, 0.1) is 0 Å². The fourth-order valence-electron chi connectivity index (χ4n) is 2.69. The monoisotopic (exact) mass is 249 g/mol. The lowest BCUT2D eigenvalue weighted by atomic mass is 10.3. The van der Waals surface area contributed by atoms with Gasteiger partial charge in [0.05, 0.1) is 0 Å². The van der Waals surface area contributed by atoms with E-state index in [1.54, 1.807) is 0 Å². The van der Waals surface area contributed by atoms with Gasteiger partial charge in [-0.3, -0.25) is 0 Å². The highest BCUT2D eigenvalue weighted by Gasteiger charge is 2.10. The van der Waals surface area contributed by atoms with Crippen molar-refractivity contribution in [3.63, 3.8) is 0 Å². The quantitative estimate of drug-likeness (QED) is 0.714. The number of aryl methyl sites for hydroxylation is 1. The Morgan fingerprint density at radius 1 is 1.22 bits per heavy atom. The summed E-state index contributed by atoms with van der Waals surface area (Å²) in [4.78, 5) is 2.60. The summed E-state index contributed by atoms with van der Waals surface area (Å²) in [6.45, 7) is 9.38. The fraction of sp³-hybridized carbons (Fsp3) is 0.733. The molecule has 1 aliphatic rings. The van der Waals surface area contributed by atoms with Crippen molar-refractivity contribution >= 4 is 0 Å². The molecule has 3 nitrogen and oxygen atoms in total. The Kier molecular flexibility index (Phi) is 5.75. The molecule has 1 aliphatic heterocycles. The van der Waals surface area contributed by atoms with E-state index in [1.807, 2.05) is 0 Å². The Balaban J connectivity index is 1.69. The second-order valence-corrected chi connectivity index (χ2v) is 5.27. The van der Waals surface area contributed by atoms with E-state index in [2.05, 4.69) is 40.0 Å². The lowest BCUT2D eigenvalue weighted by Gasteiger charge is -2.15. The van der Waals surface area contributed by atoms with Gasteiger partial charge in [-0.15, -0.1) is 0 Å². The average molecular weight is 249 g/mol. The summed E-state index contributed by atoms with van der Waals surface area (Å²) in [6, 6.07) is 4.40. The van der Waals surface area contributed by atoms with E-state index >= 15 is 0 Å². The predicted octanol–water partition coefficient (Wildman–Crippen LogP) is 2.47. The highest BCUT2D eigenvalue weighted by Crippen LogP contribution is 2.09. The SMILES string of the molecule is CCCNCc1cccn1CCCN1CCCC1. The van der Waals surface area contributed by atoms with Crippen LogP contribution in [0.2, 0.25) is 0 Å². The molecule has 1 N–H and O–H groups in total. The van der Waals surface area contributed by atoms with Crippen molar-refractivity contribution in [3.8, 4) is 0 Å². The lowest BCUT2D eigenvalue weighted by molar-refractivity contribution is 0.324. The maximum Gasteiger partial charge on any atom is 0.0359 e. The van der Waals surface area contributed by atoms with Gasteiger partial charge < -0.3 is 14.8 Å². The topological polar surface area (TPSA) is 20.2 Å². The summed E-state index contributed by atoms with van der Waals surface area (Å²) >= 11 is 0. The first kappa shape index (κ1) is 13.6. The Hall–Kier alpha value is -0.800. The minimum Gasteiger partial charge on any atom is -0.350 e. The van der Waals surface area contributed by atoms with Gasteiger partial charge in [0.25, 0.3) is 0 Å². The molecule has 1 fully saturated rings. The van der Waals surface area contributed by atoms with Crippen LogP contribution >= 0.6 is 0 Å². The van der Waals surface area contributed by atoms with Crippen LogP contribution in [0.3, 0.4) is 0 Å². The molecule has 102 valence electrons. The molecule has 1 aromatic rings. The molecule has 0 amide bonds. The van der Waals surface area contributed by atoms with Crippen LogP contribution < -0.4 is 5.32 Å². The van der Waals surface area contributed by atoms with Crippen LogP contribution in [-0.2, 0) is 13.1 Å². The highest BCUT2D eigenvalue weighted by atomic mass is 15.1. The van der Waals surface area contributed by atoms with Crippen LogP contribution in [0.4, 0.5) is 0 Å². The average Bonchev–Trinajstić information content (AvgIpc) is 3.02. The number of rotatable bonds is 8. The number of hydrogen-bond acceptors (Lipinski definition) is 2. The van der Waals surface area contributed by atoms with Crippen LogP contribution in [0.1, 0.15) is 38.3 Å². The number of hydrogen-bond donors (Lipinski definition) is 1. The van der Waals surface area contributed by atoms with Crippen LogP contribution in [-0.4, -0.2) is 35.6 Å². The van der Waals surface area contributed by atoms with Crippen molar-refractivity contribution in [2.45, 2.75) is 45.7 Å². The third-order valence-electron chi connectivity index (χ3n) is 3.73. The summed E-state index contributed by atoms with van der Waals surface area (Å²) in [5, 5.41) is 3.48. The van der Waals surface area contributed by atoms with Crippen molar-refractivity contribution in [2.75, 3.05) is 26.2 Å². The molecule has 0 aliphatic carbocycles. The van der Waals surface area contributed by atoms with Crippen LogP contribution in [0.5, 0.6) is 0 Å². The van der Waals surface area contributed by atoms with E-state index in [0.29, 0.717) is 0 Å². The standard InChI is InChI=1S/C15H27N3/c1-2-8-16-14-15-7-5-12-18(15)13-6-11-17-9-3-4-10-17/h5,7,12,16H,2-4,6,8-11,13-14H2,1H3. The number of nitrogens with one attached hydrogen (secondary N) is 1. The second-order valence-electron chi connectivity index (χ2n) is 5.27. The van der Waals surface area contributed by atoms with Crippen molar-refractivity contribution < 1.29 is 0 Å². The summed E-state index contributed by atoms with van der Waals surface area (Å²) < 4.78 is 2.40. The van der Waals surface area contributed by atoms with E-state index in [0.717, 1.165) is 19.6 Å². The molecule has 0 atom stereocenters. The van der Waals surface area contributed by atoms with Crippen molar-refractivity contribution in [3.05, 3.63) is 24.0 Å². The third-order valence-corrected chi connectivity index (χ3v) is 3.73. The van der Waals surface area contributed by atoms with Crippen molar-refractivity contribution in [1.82, 2.24) is 14.8 Å². The molecule has 2 heterocycles. The predicted molar refractivity (Wildman–Crippen MR) is 76.7 cm³/mol. The van der Waals surface area contributed by atoms with Crippen molar-refractivity contribution in [1.29, 1.82) is 0 Å². The largest absolute Gasteiger partial charge is 0.350 e. The molecule has 0 unspecified atom stereocenters. The van der Waals surface area contributed by atoms with E-state index in [-0.39, 0.29) is 0 Å². The Bertz CT molecular complexity index is 326. The first-order valence-corrected chi connectivity index (χ1v) is 7.47. The number of aromatic nitrogens is 1. The zero-order valence-corrected chi connectivity index (χ0v) is 11.7. The molecule has 0 spiro atoms. The highest BCUT2D eigenvalue weighted by molar-refractivity contribution is 5.06.